The van der Waals surface area contributed by atoms with Crippen LogP contribution in [0.15, 0.2) is 28.7 Å². The van der Waals surface area contributed by atoms with Crippen molar-refractivity contribution in [2.75, 3.05) is 39.3 Å². The van der Waals surface area contributed by atoms with Crippen molar-refractivity contribution < 1.29 is 4.79 Å². The van der Waals surface area contributed by atoms with Crippen LogP contribution in [0.1, 0.15) is 29.6 Å². The topological polar surface area (TPSA) is 23.6 Å². The molecule has 0 spiro atoms. The van der Waals surface area contributed by atoms with Crippen LogP contribution in [0.25, 0.3) is 0 Å². The van der Waals surface area contributed by atoms with Crippen molar-refractivity contribution in [2.24, 2.45) is 5.92 Å². The molecule has 1 aromatic carbocycles. The third-order valence-electron chi connectivity index (χ3n) is 4.51. The average Bonchev–Trinajstić information content (AvgIpc) is 3.31. The number of nitrogens with zero attached hydrogens (tertiary/aromatic N) is 2. The smallest absolute Gasteiger partial charge is 0.165 e. The lowest BCUT2D eigenvalue weighted by Crippen LogP contribution is -2.47. The maximum Gasteiger partial charge on any atom is 0.165 e. The van der Waals surface area contributed by atoms with Gasteiger partial charge in [0.2, 0.25) is 0 Å². The van der Waals surface area contributed by atoms with Gasteiger partial charge >= 0.3 is 0 Å². The van der Waals surface area contributed by atoms with E-state index in [1.165, 1.54) is 32.5 Å². The molecule has 0 unspecified atom stereocenters. The molecular weight excluding hydrogens is 328 g/mol. The highest BCUT2D eigenvalue weighted by Gasteiger charge is 2.26. The maximum atomic E-state index is 12.3. The molecule has 1 aliphatic heterocycles. The van der Waals surface area contributed by atoms with Crippen molar-refractivity contribution in [3.63, 3.8) is 0 Å². The van der Waals surface area contributed by atoms with Gasteiger partial charge in [-0.25, -0.2) is 0 Å². The molecule has 114 valence electrons. The Morgan fingerprint density at radius 1 is 1.10 bits per heavy atom. The minimum absolute atomic E-state index is 0.239. The van der Waals surface area contributed by atoms with E-state index < -0.39 is 0 Å². The van der Waals surface area contributed by atoms with E-state index in [2.05, 4.69) is 25.7 Å². The summed E-state index contributed by atoms with van der Waals surface area (Å²) in [6, 6.07) is 7.71. The minimum Gasteiger partial charge on any atom is -0.301 e. The van der Waals surface area contributed by atoms with Crippen LogP contribution in [-0.4, -0.2) is 54.9 Å². The molecule has 0 atom stereocenters. The molecule has 3 nitrogen and oxygen atoms in total. The molecule has 0 N–H and O–H groups in total. The number of rotatable bonds is 6. The van der Waals surface area contributed by atoms with Gasteiger partial charge in [0.05, 0.1) is 0 Å². The summed E-state index contributed by atoms with van der Waals surface area (Å²) in [5.74, 6) is 1.22. The molecular formula is C17H23BrN2O. The molecule has 1 heterocycles. The Balaban J connectivity index is 1.41. The fourth-order valence-electron chi connectivity index (χ4n) is 2.94. The van der Waals surface area contributed by atoms with Gasteiger partial charge in [0.25, 0.3) is 0 Å². The third kappa shape index (κ3) is 4.38. The van der Waals surface area contributed by atoms with Gasteiger partial charge in [-0.15, -0.1) is 0 Å². The first kappa shape index (κ1) is 15.2. The number of benzene rings is 1. The lowest BCUT2D eigenvalue weighted by atomic mass is 10.1. The fraction of sp³-hybridized carbons (Fsp3) is 0.588. The van der Waals surface area contributed by atoms with E-state index in [0.717, 1.165) is 35.6 Å². The molecule has 1 saturated heterocycles. The summed E-state index contributed by atoms with van der Waals surface area (Å²) in [5, 5.41) is 0. The average molecular weight is 351 g/mol. The number of hydrogen-bond donors (Lipinski definition) is 0. The zero-order chi connectivity index (χ0) is 14.7. The molecule has 0 radical (unpaired) electrons. The van der Waals surface area contributed by atoms with E-state index in [4.69, 9.17) is 0 Å². The number of Topliss-reactive ketones (excluding diaryl/α,β-unsaturated/α-hetero) is 1. The highest BCUT2D eigenvalue weighted by atomic mass is 79.9. The monoisotopic (exact) mass is 350 g/mol. The summed E-state index contributed by atoms with van der Waals surface area (Å²) in [5.41, 5.74) is 0.810. The lowest BCUT2D eigenvalue weighted by Gasteiger charge is -2.34. The molecule has 0 aromatic heterocycles. The van der Waals surface area contributed by atoms with Crippen molar-refractivity contribution in [3.05, 3.63) is 34.3 Å². The van der Waals surface area contributed by atoms with Gasteiger partial charge in [0.1, 0.15) is 0 Å². The Morgan fingerprint density at radius 3 is 2.43 bits per heavy atom. The molecule has 2 aliphatic rings. The lowest BCUT2D eigenvalue weighted by molar-refractivity contribution is 0.0924. The van der Waals surface area contributed by atoms with Crippen LogP contribution in [-0.2, 0) is 0 Å². The number of hydrogen-bond acceptors (Lipinski definition) is 3. The van der Waals surface area contributed by atoms with Gasteiger partial charge in [-0.05, 0) is 24.8 Å². The van der Waals surface area contributed by atoms with Crippen molar-refractivity contribution in [3.8, 4) is 0 Å². The summed E-state index contributed by atoms with van der Waals surface area (Å²) < 4.78 is 0.907. The first-order chi connectivity index (χ1) is 10.2. The number of halogens is 1. The molecule has 21 heavy (non-hydrogen) atoms. The van der Waals surface area contributed by atoms with Crippen LogP contribution in [0.2, 0.25) is 0 Å². The zero-order valence-corrected chi connectivity index (χ0v) is 14.0. The van der Waals surface area contributed by atoms with Crippen LogP contribution in [0.3, 0.4) is 0 Å². The number of ketones is 1. The summed E-state index contributed by atoms with van der Waals surface area (Å²) in [6.07, 6.45) is 3.48. The Kier molecular flexibility index (Phi) is 5.09. The predicted octanol–water partition coefficient (Wildman–Crippen LogP) is 3.05. The highest BCUT2D eigenvalue weighted by molar-refractivity contribution is 9.10. The van der Waals surface area contributed by atoms with Gasteiger partial charge in [0, 0.05) is 55.7 Å². The normalized spacial score (nSPS) is 20.6. The fourth-order valence-corrected chi connectivity index (χ4v) is 3.45. The third-order valence-corrected chi connectivity index (χ3v) is 5.20. The van der Waals surface area contributed by atoms with Crippen LogP contribution < -0.4 is 0 Å². The Labute approximate surface area is 135 Å². The molecule has 1 saturated carbocycles. The number of carbonyl (C=O) groups is 1. The maximum absolute atomic E-state index is 12.3. The van der Waals surface area contributed by atoms with Crippen LogP contribution >= 0.6 is 15.9 Å². The molecule has 4 heteroatoms. The van der Waals surface area contributed by atoms with Gasteiger partial charge in [0.15, 0.2) is 5.78 Å². The van der Waals surface area contributed by atoms with E-state index in [0.29, 0.717) is 6.42 Å². The summed E-state index contributed by atoms with van der Waals surface area (Å²) in [4.78, 5) is 17.3. The number of carbonyl (C=O) groups excluding carboxylic acids is 1. The van der Waals surface area contributed by atoms with Crippen molar-refractivity contribution in [1.82, 2.24) is 9.80 Å². The van der Waals surface area contributed by atoms with E-state index in [1.807, 2.05) is 24.3 Å². The van der Waals surface area contributed by atoms with Gasteiger partial charge in [-0.1, -0.05) is 34.1 Å². The second-order valence-corrected chi connectivity index (χ2v) is 7.09. The quantitative estimate of drug-likeness (QED) is 0.736. The largest absolute Gasteiger partial charge is 0.301 e. The Hall–Kier alpha value is -0.710. The molecule has 0 bridgehead atoms. The first-order valence-corrected chi connectivity index (χ1v) is 8.74. The highest BCUT2D eigenvalue weighted by Crippen LogP contribution is 2.29. The Bertz CT molecular complexity index is 493. The van der Waals surface area contributed by atoms with Crippen molar-refractivity contribution in [1.29, 1.82) is 0 Å². The van der Waals surface area contributed by atoms with E-state index in [-0.39, 0.29) is 5.78 Å². The summed E-state index contributed by atoms with van der Waals surface area (Å²) in [6.45, 7) is 6.73. The minimum atomic E-state index is 0.239. The van der Waals surface area contributed by atoms with Gasteiger partial charge in [-0.2, -0.15) is 0 Å². The van der Waals surface area contributed by atoms with E-state index in [1.54, 1.807) is 0 Å². The van der Waals surface area contributed by atoms with E-state index in [9.17, 15) is 4.79 Å². The predicted molar refractivity (Wildman–Crippen MR) is 88.7 cm³/mol. The summed E-state index contributed by atoms with van der Waals surface area (Å²) >= 11 is 3.46. The molecule has 1 aromatic rings. The van der Waals surface area contributed by atoms with Crippen LogP contribution in [0, 0.1) is 5.92 Å². The van der Waals surface area contributed by atoms with Gasteiger partial charge in [-0.3, -0.25) is 4.79 Å². The van der Waals surface area contributed by atoms with E-state index >= 15 is 0 Å². The zero-order valence-electron chi connectivity index (χ0n) is 12.4. The molecule has 0 amide bonds. The molecule has 2 fully saturated rings. The SMILES string of the molecule is O=C(CCN1CCN(CC2CC2)CC1)c1ccccc1Br. The van der Waals surface area contributed by atoms with Crippen molar-refractivity contribution >= 4 is 21.7 Å². The second kappa shape index (κ2) is 7.03. The summed E-state index contributed by atoms with van der Waals surface area (Å²) in [7, 11) is 0. The standard InChI is InChI=1S/C17H23BrN2O/c18-16-4-2-1-3-15(16)17(21)7-8-19-9-11-20(12-10-19)13-14-5-6-14/h1-4,14H,5-13H2. The van der Waals surface area contributed by atoms with Crippen LogP contribution in [0.5, 0.6) is 0 Å². The van der Waals surface area contributed by atoms with Gasteiger partial charge < -0.3 is 9.80 Å². The van der Waals surface area contributed by atoms with Crippen LogP contribution in [0.4, 0.5) is 0 Å². The number of piperazine rings is 1. The second-order valence-electron chi connectivity index (χ2n) is 6.24. The first-order valence-electron chi connectivity index (χ1n) is 7.95. The van der Waals surface area contributed by atoms with Crippen molar-refractivity contribution in [2.45, 2.75) is 19.3 Å². The Morgan fingerprint density at radius 2 is 1.76 bits per heavy atom. The molecule has 3 rings (SSSR count). The molecule has 1 aliphatic carbocycles.